The monoisotopic (exact) mass is 308 g/mol. The van der Waals surface area contributed by atoms with Crippen LogP contribution in [0, 0.1) is 6.92 Å². The van der Waals surface area contributed by atoms with Gasteiger partial charge in [0, 0.05) is 18.9 Å². The summed E-state index contributed by atoms with van der Waals surface area (Å²) in [6, 6.07) is 2.15. The van der Waals surface area contributed by atoms with Crippen LogP contribution in [0.2, 0.25) is 0 Å². The van der Waals surface area contributed by atoms with Gasteiger partial charge in [0.05, 0.1) is 10.7 Å². The van der Waals surface area contributed by atoms with Gasteiger partial charge in [-0.15, -0.1) is 0 Å². The van der Waals surface area contributed by atoms with E-state index < -0.39 is 0 Å². The fourth-order valence-electron chi connectivity index (χ4n) is 1.79. The Bertz CT molecular complexity index is 521. The highest BCUT2D eigenvalue weighted by Gasteiger charge is 2.05. The van der Waals surface area contributed by atoms with E-state index in [0.29, 0.717) is 0 Å². The van der Waals surface area contributed by atoms with Gasteiger partial charge in [-0.05, 0) is 53.0 Å². The van der Waals surface area contributed by atoms with E-state index in [1.165, 1.54) is 5.56 Å². The van der Waals surface area contributed by atoms with Gasteiger partial charge in [0.2, 0.25) is 0 Å². The Hall–Kier alpha value is -1.20. The summed E-state index contributed by atoms with van der Waals surface area (Å²) >= 11 is 3.39. The van der Waals surface area contributed by atoms with Gasteiger partial charge in [0.15, 0.2) is 5.82 Å². The van der Waals surface area contributed by atoms with Crippen LogP contribution in [0.3, 0.4) is 0 Å². The van der Waals surface area contributed by atoms with Crippen LogP contribution in [0.4, 0.5) is 0 Å². The molecule has 2 heterocycles. The molecule has 2 aromatic rings. The average molecular weight is 309 g/mol. The zero-order valence-electron chi connectivity index (χ0n) is 10.7. The van der Waals surface area contributed by atoms with Crippen molar-refractivity contribution in [3.8, 4) is 5.82 Å². The minimum absolute atomic E-state index is 0.866. The van der Waals surface area contributed by atoms with E-state index >= 15 is 0 Å². The van der Waals surface area contributed by atoms with E-state index in [9.17, 15) is 0 Å². The van der Waals surface area contributed by atoms with Crippen LogP contribution in [0.25, 0.3) is 5.82 Å². The van der Waals surface area contributed by atoms with Crippen molar-refractivity contribution < 1.29 is 0 Å². The highest BCUT2D eigenvalue weighted by atomic mass is 79.9. The minimum Gasteiger partial charge on any atom is -0.313 e. The maximum atomic E-state index is 4.48. The lowest BCUT2D eigenvalue weighted by Gasteiger charge is -2.08. The lowest BCUT2D eigenvalue weighted by atomic mass is 10.2. The number of pyridine rings is 1. The van der Waals surface area contributed by atoms with Gasteiger partial charge in [-0.2, -0.15) is 5.10 Å². The maximum Gasteiger partial charge on any atom is 0.156 e. The molecule has 0 fully saturated rings. The summed E-state index contributed by atoms with van der Waals surface area (Å²) in [5.74, 6) is 0.875. The molecule has 0 saturated carbocycles. The number of hydrogen-bond donors (Lipinski definition) is 1. The maximum absolute atomic E-state index is 4.48. The van der Waals surface area contributed by atoms with E-state index in [2.05, 4.69) is 51.2 Å². The summed E-state index contributed by atoms with van der Waals surface area (Å²) in [7, 11) is 0. The van der Waals surface area contributed by atoms with E-state index in [1.807, 2.05) is 12.4 Å². The number of aryl methyl sites for hydroxylation is 1. The van der Waals surface area contributed by atoms with Gasteiger partial charge in [0.1, 0.15) is 0 Å². The number of halogens is 1. The highest BCUT2D eigenvalue weighted by molar-refractivity contribution is 9.10. The van der Waals surface area contributed by atoms with Crippen molar-refractivity contribution >= 4 is 15.9 Å². The summed E-state index contributed by atoms with van der Waals surface area (Å²) in [5.41, 5.74) is 2.33. The molecule has 0 atom stereocenters. The molecule has 0 spiro atoms. The van der Waals surface area contributed by atoms with Crippen molar-refractivity contribution in [2.75, 3.05) is 6.54 Å². The molecule has 96 valence electrons. The second-order valence-electron chi connectivity index (χ2n) is 4.26. The zero-order valence-corrected chi connectivity index (χ0v) is 12.2. The fraction of sp³-hybridized carbons (Fsp3) is 0.385. The molecule has 0 saturated heterocycles. The molecule has 0 aliphatic carbocycles. The highest BCUT2D eigenvalue weighted by Crippen LogP contribution is 2.15. The predicted octanol–water partition coefficient (Wildman–Crippen LogP) is 2.84. The summed E-state index contributed by atoms with van der Waals surface area (Å²) < 4.78 is 2.74. The van der Waals surface area contributed by atoms with Gasteiger partial charge in [0.25, 0.3) is 0 Å². The zero-order chi connectivity index (χ0) is 13.0. The number of rotatable bonds is 5. The normalized spacial score (nSPS) is 10.8. The predicted molar refractivity (Wildman–Crippen MR) is 75.8 cm³/mol. The molecular weight excluding hydrogens is 292 g/mol. The molecule has 0 aromatic carbocycles. The first kappa shape index (κ1) is 13.2. The van der Waals surface area contributed by atoms with E-state index in [0.717, 1.165) is 35.4 Å². The van der Waals surface area contributed by atoms with Crippen molar-refractivity contribution in [3.05, 3.63) is 40.3 Å². The van der Waals surface area contributed by atoms with Crippen LogP contribution >= 0.6 is 15.9 Å². The third-order valence-electron chi connectivity index (χ3n) is 2.63. The first-order chi connectivity index (χ1) is 8.70. The van der Waals surface area contributed by atoms with E-state index in [-0.39, 0.29) is 0 Å². The third-order valence-corrected chi connectivity index (χ3v) is 3.04. The van der Waals surface area contributed by atoms with Gasteiger partial charge in [-0.3, -0.25) is 0 Å². The Labute approximate surface area is 116 Å². The van der Waals surface area contributed by atoms with Gasteiger partial charge >= 0.3 is 0 Å². The van der Waals surface area contributed by atoms with Crippen molar-refractivity contribution in [1.82, 2.24) is 20.1 Å². The van der Waals surface area contributed by atoms with Crippen molar-refractivity contribution in [1.29, 1.82) is 0 Å². The van der Waals surface area contributed by atoms with Gasteiger partial charge < -0.3 is 5.32 Å². The molecule has 2 rings (SSSR count). The van der Waals surface area contributed by atoms with Crippen LogP contribution in [0.1, 0.15) is 24.5 Å². The largest absolute Gasteiger partial charge is 0.313 e. The Morgan fingerprint density at radius 3 is 2.83 bits per heavy atom. The standard InChI is InChI=1S/C13H17BrN4/c1-3-4-15-6-11-5-10(2)13(16-7-11)18-9-12(14)8-17-18/h5,7-9,15H,3-4,6H2,1-2H3. The first-order valence-electron chi connectivity index (χ1n) is 6.07. The Morgan fingerprint density at radius 1 is 1.39 bits per heavy atom. The van der Waals surface area contributed by atoms with Crippen LogP contribution in [0.15, 0.2) is 29.1 Å². The molecule has 5 heteroatoms. The van der Waals surface area contributed by atoms with Crippen LogP contribution < -0.4 is 5.32 Å². The minimum atomic E-state index is 0.866. The molecule has 1 N–H and O–H groups in total. The molecule has 0 amide bonds. The second-order valence-corrected chi connectivity index (χ2v) is 5.18. The number of nitrogens with zero attached hydrogens (tertiary/aromatic N) is 3. The Kier molecular flexibility index (Phi) is 4.49. The van der Waals surface area contributed by atoms with Crippen LogP contribution in [-0.2, 0) is 6.54 Å². The first-order valence-corrected chi connectivity index (χ1v) is 6.86. The van der Waals surface area contributed by atoms with Crippen molar-refractivity contribution in [2.24, 2.45) is 0 Å². The third kappa shape index (κ3) is 3.17. The van der Waals surface area contributed by atoms with Crippen molar-refractivity contribution in [2.45, 2.75) is 26.8 Å². The Morgan fingerprint density at radius 2 is 2.22 bits per heavy atom. The summed E-state index contributed by atoms with van der Waals surface area (Å²) in [6.45, 7) is 6.12. The molecule has 4 nitrogen and oxygen atoms in total. The molecule has 0 bridgehead atoms. The molecule has 18 heavy (non-hydrogen) atoms. The molecule has 0 radical (unpaired) electrons. The van der Waals surface area contributed by atoms with E-state index in [1.54, 1.807) is 10.9 Å². The molecule has 2 aromatic heterocycles. The lowest BCUT2D eigenvalue weighted by Crippen LogP contribution is -2.14. The topological polar surface area (TPSA) is 42.7 Å². The smallest absolute Gasteiger partial charge is 0.156 e. The number of hydrogen-bond acceptors (Lipinski definition) is 3. The molecule has 0 unspecified atom stereocenters. The number of nitrogens with one attached hydrogen (secondary N) is 1. The SMILES string of the molecule is CCCNCc1cnc(-n2cc(Br)cn2)c(C)c1. The average Bonchev–Trinajstić information content (AvgIpc) is 2.76. The van der Waals surface area contributed by atoms with Crippen molar-refractivity contribution in [3.63, 3.8) is 0 Å². The Balaban J connectivity index is 2.15. The van der Waals surface area contributed by atoms with Gasteiger partial charge in [-0.1, -0.05) is 6.92 Å². The van der Waals surface area contributed by atoms with E-state index in [4.69, 9.17) is 0 Å². The lowest BCUT2D eigenvalue weighted by molar-refractivity contribution is 0.672. The summed E-state index contributed by atoms with van der Waals surface area (Å²) in [5, 5.41) is 7.62. The van der Waals surface area contributed by atoms with Crippen LogP contribution in [0.5, 0.6) is 0 Å². The second kappa shape index (κ2) is 6.11. The summed E-state index contributed by atoms with van der Waals surface area (Å²) in [6.07, 6.45) is 6.72. The quantitative estimate of drug-likeness (QED) is 0.864. The number of aromatic nitrogens is 3. The summed E-state index contributed by atoms with van der Waals surface area (Å²) in [4.78, 5) is 4.48. The molecular formula is C13H17BrN4. The molecule has 0 aliphatic rings. The fourth-order valence-corrected chi connectivity index (χ4v) is 2.07. The molecule has 0 aliphatic heterocycles. The van der Waals surface area contributed by atoms with Crippen LogP contribution in [-0.4, -0.2) is 21.3 Å². The van der Waals surface area contributed by atoms with Gasteiger partial charge in [-0.25, -0.2) is 9.67 Å².